The Morgan fingerprint density at radius 2 is 1.89 bits per heavy atom. The van der Waals surface area contributed by atoms with E-state index in [1.165, 1.54) is 47.6 Å². The van der Waals surface area contributed by atoms with Gasteiger partial charge < -0.3 is 24.6 Å². The maximum atomic E-state index is 6.59. The maximum absolute atomic E-state index is 6.59. The van der Waals surface area contributed by atoms with Crippen molar-refractivity contribution in [2.45, 2.75) is 57.8 Å². The number of ether oxygens (including phenoxy) is 2. The van der Waals surface area contributed by atoms with E-state index in [0.29, 0.717) is 30.7 Å². The molecule has 0 amide bonds. The summed E-state index contributed by atoms with van der Waals surface area (Å²) in [6, 6.07) is 14.0. The van der Waals surface area contributed by atoms with Crippen LogP contribution in [0.4, 0.5) is 5.82 Å². The second kappa shape index (κ2) is 9.78. The minimum absolute atomic E-state index is 0.0328. The van der Waals surface area contributed by atoms with Gasteiger partial charge in [0.05, 0.1) is 18.4 Å². The van der Waals surface area contributed by atoms with E-state index in [0.717, 1.165) is 56.2 Å². The number of nitrogens with one attached hydrogen (secondary N) is 1. The van der Waals surface area contributed by atoms with Crippen molar-refractivity contribution in [3.63, 3.8) is 0 Å². The second-order valence-electron chi connectivity index (χ2n) is 12.0. The van der Waals surface area contributed by atoms with Crippen LogP contribution in [0.1, 0.15) is 54.2 Å². The third kappa shape index (κ3) is 4.34. The van der Waals surface area contributed by atoms with Gasteiger partial charge in [0.15, 0.2) is 0 Å². The largest absolute Gasteiger partial charge is 0.462 e. The van der Waals surface area contributed by atoms with Gasteiger partial charge in [0.1, 0.15) is 12.4 Å². The van der Waals surface area contributed by atoms with Crippen LogP contribution >= 0.6 is 0 Å². The number of hydrogen-bond donors (Lipinski definition) is 1. The van der Waals surface area contributed by atoms with E-state index in [1.54, 1.807) is 0 Å². The average molecular weight is 514 g/mol. The van der Waals surface area contributed by atoms with Gasteiger partial charge in [-0.2, -0.15) is 9.97 Å². The van der Waals surface area contributed by atoms with Crippen LogP contribution in [0.15, 0.2) is 36.4 Å². The summed E-state index contributed by atoms with van der Waals surface area (Å²) in [6.07, 6.45) is 5.53. The Bertz CT molecular complexity index is 1320. The lowest BCUT2D eigenvalue weighted by Gasteiger charge is -2.49. The van der Waals surface area contributed by atoms with E-state index in [2.05, 4.69) is 65.5 Å². The molecule has 38 heavy (non-hydrogen) atoms. The summed E-state index contributed by atoms with van der Waals surface area (Å²) >= 11 is 0. The van der Waals surface area contributed by atoms with Crippen molar-refractivity contribution in [3.8, 4) is 6.01 Å². The Balaban J connectivity index is 1.20. The molecule has 2 atom stereocenters. The smallest absolute Gasteiger partial charge is 0.318 e. The van der Waals surface area contributed by atoms with Crippen molar-refractivity contribution < 1.29 is 9.47 Å². The normalized spacial score (nSPS) is 24.9. The summed E-state index contributed by atoms with van der Waals surface area (Å²) in [5, 5.41) is 6.04. The number of aryl methyl sites for hydroxylation is 1. The number of benzene rings is 2. The fourth-order valence-electron chi connectivity index (χ4n) is 6.97. The minimum atomic E-state index is -0.0328. The van der Waals surface area contributed by atoms with Crippen LogP contribution in [0.2, 0.25) is 0 Å². The topological polar surface area (TPSA) is 62.8 Å². The lowest BCUT2D eigenvalue weighted by molar-refractivity contribution is 0.0263. The van der Waals surface area contributed by atoms with Gasteiger partial charge in [-0.3, -0.25) is 0 Å². The average Bonchev–Trinajstić information content (AvgIpc) is 3.34. The quantitative estimate of drug-likeness (QED) is 0.542. The molecule has 5 heterocycles. The number of likely N-dealkylation sites (N-methyl/N-ethyl adjacent to an activating group) is 1. The predicted octanol–water partition coefficient (Wildman–Crippen LogP) is 4.42. The van der Waals surface area contributed by atoms with Crippen molar-refractivity contribution in [1.29, 1.82) is 0 Å². The van der Waals surface area contributed by atoms with Gasteiger partial charge in [0, 0.05) is 44.2 Å². The third-order valence-corrected chi connectivity index (χ3v) is 9.55. The Labute approximate surface area is 225 Å². The van der Waals surface area contributed by atoms with Gasteiger partial charge in [-0.15, -0.1) is 0 Å². The number of fused-ring (bicyclic) bond motifs is 2. The van der Waals surface area contributed by atoms with Crippen molar-refractivity contribution in [2.24, 2.45) is 5.41 Å². The maximum Gasteiger partial charge on any atom is 0.318 e. The van der Waals surface area contributed by atoms with Crippen molar-refractivity contribution in [3.05, 3.63) is 58.8 Å². The van der Waals surface area contributed by atoms with Crippen LogP contribution in [0.3, 0.4) is 0 Å². The Hall–Kier alpha value is -2.74. The summed E-state index contributed by atoms with van der Waals surface area (Å²) in [6.45, 7) is 8.87. The molecule has 200 valence electrons. The molecule has 4 aliphatic rings. The van der Waals surface area contributed by atoms with Gasteiger partial charge in [-0.1, -0.05) is 36.4 Å². The van der Waals surface area contributed by atoms with Crippen molar-refractivity contribution in [2.75, 3.05) is 51.3 Å². The summed E-state index contributed by atoms with van der Waals surface area (Å²) in [7, 11) is 2.19. The Kier molecular flexibility index (Phi) is 6.26. The molecule has 0 aliphatic carbocycles. The molecular formula is C31H39N5O2. The highest BCUT2D eigenvalue weighted by molar-refractivity contribution is 5.89. The van der Waals surface area contributed by atoms with E-state index in [-0.39, 0.29) is 6.10 Å². The number of aromatic nitrogens is 2. The van der Waals surface area contributed by atoms with Crippen molar-refractivity contribution in [1.82, 2.24) is 20.2 Å². The van der Waals surface area contributed by atoms with Crippen LogP contribution in [0, 0.1) is 12.3 Å². The molecular weight excluding hydrogens is 474 g/mol. The highest BCUT2D eigenvalue weighted by atomic mass is 16.5. The van der Waals surface area contributed by atoms with Gasteiger partial charge in [0.2, 0.25) is 0 Å². The zero-order valence-corrected chi connectivity index (χ0v) is 22.7. The molecule has 7 heteroatoms. The monoisotopic (exact) mass is 513 g/mol. The second-order valence-corrected chi connectivity index (χ2v) is 12.0. The Morgan fingerprint density at radius 3 is 2.63 bits per heavy atom. The number of nitrogens with zero attached hydrogens (tertiary/aromatic N) is 4. The first kappa shape index (κ1) is 24.3. The molecule has 1 unspecified atom stereocenters. The molecule has 0 bridgehead atoms. The molecule has 3 saturated heterocycles. The molecule has 1 N–H and O–H groups in total. The molecule has 4 aliphatic heterocycles. The molecule has 1 aromatic heterocycles. The first-order valence-corrected chi connectivity index (χ1v) is 14.4. The Morgan fingerprint density at radius 1 is 1.08 bits per heavy atom. The van der Waals surface area contributed by atoms with E-state index in [1.807, 2.05) is 0 Å². The molecule has 7 rings (SSSR count). The molecule has 1 spiro atoms. The van der Waals surface area contributed by atoms with E-state index in [4.69, 9.17) is 19.4 Å². The molecule has 0 radical (unpaired) electrons. The molecule has 3 fully saturated rings. The van der Waals surface area contributed by atoms with E-state index >= 15 is 0 Å². The summed E-state index contributed by atoms with van der Waals surface area (Å²) in [4.78, 5) is 14.9. The van der Waals surface area contributed by atoms with Crippen LogP contribution < -0.4 is 15.0 Å². The molecule has 7 nitrogen and oxygen atoms in total. The van der Waals surface area contributed by atoms with Crippen LogP contribution in [-0.4, -0.2) is 67.3 Å². The third-order valence-electron chi connectivity index (χ3n) is 9.55. The van der Waals surface area contributed by atoms with Crippen LogP contribution in [0.25, 0.3) is 10.8 Å². The van der Waals surface area contributed by atoms with Gasteiger partial charge >= 0.3 is 6.01 Å². The SMILES string of the molecule is Cc1cccc2cccc(C3Cc4nc(OC[C@@H]5CCCN5C)nc(N5CCC6(CC5)CNC6)c4CO3)c12. The van der Waals surface area contributed by atoms with Gasteiger partial charge in [-0.25, -0.2) is 0 Å². The van der Waals surface area contributed by atoms with Crippen molar-refractivity contribution >= 4 is 16.6 Å². The van der Waals surface area contributed by atoms with E-state index < -0.39 is 0 Å². The standard InChI is InChI=1S/C31H39N5O2/c1-21-6-3-7-22-8-4-10-24(28(21)22)27-16-26-25(18-37-27)29(36-14-11-31(12-15-36)19-32-20-31)34-30(33-26)38-17-23-9-5-13-35(23)2/h3-4,6-8,10,23,27,32H,5,9,11-20H2,1-2H3/t23-,27?/m0/s1. The number of anilines is 1. The lowest BCUT2D eigenvalue weighted by atomic mass is 9.73. The first-order valence-electron chi connectivity index (χ1n) is 14.4. The summed E-state index contributed by atoms with van der Waals surface area (Å²) in [5.74, 6) is 1.03. The lowest BCUT2D eigenvalue weighted by Crippen LogP contribution is -2.58. The number of likely N-dealkylation sites (tertiary alicyclic amines) is 1. The zero-order valence-electron chi connectivity index (χ0n) is 22.7. The number of piperidine rings is 1. The van der Waals surface area contributed by atoms with E-state index in [9.17, 15) is 0 Å². The molecule has 3 aromatic rings. The van der Waals surface area contributed by atoms with Crippen LogP contribution in [0.5, 0.6) is 6.01 Å². The number of rotatable bonds is 5. The fraction of sp³-hybridized carbons (Fsp3) is 0.548. The minimum Gasteiger partial charge on any atom is -0.462 e. The van der Waals surface area contributed by atoms with Gasteiger partial charge in [-0.05, 0) is 73.5 Å². The highest BCUT2D eigenvalue weighted by Gasteiger charge is 2.41. The molecule has 0 saturated carbocycles. The molecule has 2 aromatic carbocycles. The first-order chi connectivity index (χ1) is 18.6. The highest BCUT2D eigenvalue weighted by Crippen LogP contribution is 2.41. The summed E-state index contributed by atoms with van der Waals surface area (Å²) < 4.78 is 12.9. The summed E-state index contributed by atoms with van der Waals surface area (Å²) in [5.41, 5.74) is 5.25. The zero-order chi connectivity index (χ0) is 25.7. The fourth-order valence-corrected chi connectivity index (χ4v) is 6.97. The predicted molar refractivity (Wildman–Crippen MR) is 150 cm³/mol. The number of hydrogen-bond acceptors (Lipinski definition) is 7. The van der Waals surface area contributed by atoms with Gasteiger partial charge in [0.25, 0.3) is 0 Å². The van der Waals surface area contributed by atoms with Crippen LogP contribution in [-0.2, 0) is 17.8 Å².